The zero-order valence-electron chi connectivity index (χ0n) is 12.3. The largest absolute Gasteiger partial charge is 0.493 e. The number of aliphatic carboxylic acids is 1. The Morgan fingerprint density at radius 1 is 1.30 bits per heavy atom. The van der Waals surface area contributed by atoms with Crippen molar-refractivity contribution < 1.29 is 19.4 Å². The molecule has 1 fully saturated rings. The molecule has 110 valence electrons. The second kappa shape index (κ2) is 5.71. The molecule has 2 unspecified atom stereocenters. The molecule has 2 rings (SSSR count). The molecule has 0 radical (unpaired) electrons. The SMILES string of the molecule is COc1c(C2CC(C(=O)O)CN2)cc(C)c(C)c1OC. The maximum Gasteiger partial charge on any atom is 0.307 e. The monoisotopic (exact) mass is 279 g/mol. The Labute approximate surface area is 118 Å². The lowest BCUT2D eigenvalue weighted by atomic mass is 9.95. The van der Waals surface area contributed by atoms with Crippen LogP contribution < -0.4 is 14.8 Å². The van der Waals surface area contributed by atoms with E-state index in [1.165, 1.54) is 0 Å². The average molecular weight is 279 g/mol. The topological polar surface area (TPSA) is 67.8 Å². The van der Waals surface area contributed by atoms with E-state index in [1.807, 2.05) is 13.8 Å². The van der Waals surface area contributed by atoms with Crippen LogP contribution in [-0.2, 0) is 4.79 Å². The molecule has 1 aromatic carbocycles. The normalized spacial score (nSPS) is 21.8. The molecule has 1 aliphatic heterocycles. The zero-order chi connectivity index (χ0) is 14.9. The van der Waals surface area contributed by atoms with Gasteiger partial charge in [-0.25, -0.2) is 0 Å². The van der Waals surface area contributed by atoms with Gasteiger partial charge >= 0.3 is 5.97 Å². The number of rotatable bonds is 4. The van der Waals surface area contributed by atoms with Crippen molar-refractivity contribution in [3.63, 3.8) is 0 Å². The molecule has 0 spiro atoms. The van der Waals surface area contributed by atoms with Gasteiger partial charge in [0.1, 0.15) is 0 Å². The summed E-state index contributed by atoms with van der Waals surface area (Å²) in [7, 11) is 3.23. The second-order valence-corrected chi connectivity index (χ2v) is 5.21. The summed E-state index contributed by atoms with van der Waals surface area (Å²) >= 11 is 0. The molecule has 1 aliphatic rings. The van der Waals surface area contributed by atoms with Gasteiger partial charge in [0.05, 0.1) is 20.1 Å². The number of hydrogen-bond donors (Lipinski definition) is 2. The average Bonchev–Trinajstić information content (AvgIpc) is 2.90. The van der Waals surface area contributed by atoms with Crippen LogP contribution in [0.4, 0.5) is 0 Å². The minimum absolute atomic E-state index is 0.0146. The summed E-state index contributed by atoms with van der Waals surface area (Å²) in [6.07, 6.45) is 0.567. The van der Waals surface area contributed by atoms with Crippen LogP contribution in [0.25, 0.3) is 0 Å². The summed E-state index contributed by atoms with van der Waals surface area (Å²) in [5.41, 5.74) is 3.12. The summed E-state index contributed by atoms with van der Waals surface area (Å²) < 4.78 is 11.0. The highest BCUT2D eigenvalue weighted by Crippen LogP contribution is 2.42. The third-order valence-electron chi connectivity index (χ3n) is 4.04. The Morgan fingerprint density at radius 3 is 2.45 bits per heavy atom. The van der Waals surface area contributed by atoms with Gasteiger partial charge in [0.2, 0.25) is 0 Å². The highest BCUT2D eigenvalue weighted by Gasteiger charge is 2.33. The van der Waals surface area contributed by atoms with Crippen molar-refractivity contribution in [2.24, 2.45) is 5.92 Å². The van der Waals surface area contributed by atoms with E-state index in [-0.39, 0.29) is 12.0 Å². The van der Waals surface area contributed by atoms with Gasteiger partial charge in [-0.1, -0.05) is 6.07 Å². The van der Waals surface area contributed by atoms with Crippen LogP contribution in [0.5, 0.6) is 11.5 Å². The van der Waals surface area contributed by atoms with E-state index in [0.717, 1.165) is 22.4 Å². The van der Waals surface area contributed by atoms with E-state index >= 15 is 0 Å². The van der Waals surface area contributed by atoms with Crippen LogP contribution in [0, 0.1) is 19.8 Å². The fourth-order valence-corrected chi connectivity index (χ4v) is 2.76. The second-order valence-electron chi connectivity index (χ2n) is 5.21. The van der Waals surface area contributed by atoms with E-state index in [0.29, 0.717) is 18.7 Å². The molecule has 1 heterocycles. The third-order valence-corrected chi connectivity index (χ3v) is 4.04. The highest BCUT2D eigenvalue weighted by atomic mass is 16.5. The fraction of sp³-hybridized carbons (Fsp3) is 0.533. The van der Waals surface area contributed by atoms with Crippen molar-refractivity contribution in [3.8, 4) is 11.5 Å². The maximum atomic E-state index is 11.1. The number of nitrogens with one attached hydrogen (secondary N) is 1. The standard InChI is InChI=1S/C15H21NO4/c1-8-5-11(12-6-10(7-16-12)15(17)18)14(20-4)13(19-3)9(8)2/h5,10,12,16H,6-7H2,1-4H3,(H,17,18). The Bertz CT molecular complexity index is 527. The van der Waals surface area contributed by atoms with Crippen molar-refractivity contribution in [2.45, 2.75) is 26.3 Å². The van der Waals surface area contributed by atoms with Crippen molar-refractivity contribution in [3.05, 3.63) is 22.8 Å². The molecule has 0 aliphatic carbocycles. The Morgan fingerprint density at radius 2 is 1.95 bits per heavy atom. The summed E-state index contributed by atoms with van der Waals surface area (Å²) in [5.74, 6) is 0.314. The first-order valence-electron chi connectivity index (χ1n) is 6.67. The smallest absolute Gasteiger partial charge is 0.307 e. The van der Waals surface area contributed by atoms with E-state index in [2.05, 4.69) is 11.4 Å². The number of hydrogen-bond acceptors (Lipinski definition) is 4. The molecule has 5 nitrogen and oxygen atoms in total. The van der Waals surface area contributed by atoms with Crippen LogP contribution in [0.1, 0.15) is 29.2 Å². The van der Waals surface area contributed by atoms with E-state index in [1.54, 1.807) is 14.2 Å². The molecule has 1 saturated heterocycles. The van der Waals surface area contributed by atoms with Crippen molar-refractivity contribution in [2.75, 3.05) is 20.8 Å². The van der Waals surface area contributed by atoms with Crippen LogP contribution in [0.2, 0.25) is 0 Å². The number of carboxylic acid groups (broad SMARTS) is 1. The summed E-state index contributed by atoms with van der Waals surface area (Å²) in [6.45, 7) is 4.49. The molecular weight excluding hydrogens is 258 g/mol. The van der Waals surface area contributed by atoms with Crippen LogP contribution in [0.3, 0.4) is 0 Å². The molecule has 5 heteroatoms. The lowest BCUT2D eigenvalue weighted by molar-refractivity contribution is -0.141. The lowest BCUT2D eigenvalue weighted by Gasteiger charge is -2.20. The summed E-state index contributed by atoms with van der Waals surface area (Å²) in [6, 6.07) is 2.04. The van der Waals surface area contributed by atoms with Crippen molar-refractivity contribution >= 4 is 5.97 Å². The Balaban J connectivity index is 2.42. The molecule has 2 N–H and O–H groups in total. The fourth-order valence-electron chi connectivity index (χ4n) is 2.76. The number of aryl methyl sites for hydroxylation is 1. The maximum absolute atomic E-state index is 11.1. The Kier molecular flexibility index (Phi) is 4.18. The van der Waals surface area contributed by atoms with Gasteiger partial charge in [0.25, 0.3) is 0 Å². The van der Waals surface area contributed by atoms with E-state index in [4.69, 9.17) is 14.6 Å². The predicted molar refractivity (Wildman–Crippen MR) is 75.5 cm³/mol. The number of carboxylic acids is 1. The minimum Gasteiger partial charge on any atom is -0.493 e. The highest BCUT2D eigenvalue weighted by molar-refractivity contribution is 5.71. The molecule has 1 aromatic rings. The number of benzene rings is 1. The van der Waals surface area contributed by atoms with E-state index < -0.39 is 5.97 Å². The van der Waals surface area contributed by atoms with E-state index in [9.17, 15) is 4.79 Å². The quantitative estimate of drug-likeness (QED) is 0.883. The zero-order valence-corrected chi connectivity index (χ0v) is 12.3. The van der Waals surface area contributed by atoms with Crippen molar-refractivity contribution in [1.82, 2.24) is 5.32 Å². The van der Waals surface area contributed by atoms with Gasteiger partial charge < -0.3 is 19.9 Å². The van der Waals surface area contributed by atoms with Gasteiger partial charge in [0.15, 0.2) is 11.5 Å². The number of carbonyl (C=O) groups is 1. The molecule has 0 bridgehead atoms. The minimum atomic E-state index is -0.755. The van der Waals surface area contributed by atoms with Gasteiger partial charge in [-0.3, -0.25) is 4.79 Å². The Hall–Kier alpha value is -1.75. The molecule has 0 aromatic heterocycles. The molecule has 0 saturated carbocycles. The molecular formula is C15H21NO4. The number of methoxy groups -OCH3 is 2. The first-order chi connectivity index (χ1) is 9.49. The van der Waals surface area contributed by atoms with Gasteiger partial charge in [-0.15, -0.1) is 0 Å². The lowest BCUT2D eigenvalue weighted by Crippen LogP contribution is -2.17. The van der Waals surface area contributed by atoms with Gasteiger partial charge in [-0.2, -0.15) is 0 Å². The first-order valence-corrected chi connectivity index (χ1v) is 6.67. The third kappa shape index (κ3) is 2.45. The predicted octanol–water partition coefficient (Wildman–Crippen LogP) is 2.06. The summed E-state index contributed by atoms with van der Waals surface area (Å²) in [5, 5.41) is 12.4. The first kappa shape index (κ1) is 14.7. The number of ether oxygens (including phenoxy) is 2. The van der Waals surface area contributed by atoms with Gasteiger partial charge in [0, 0.05) is 18.2 Å². The summed E-state index contributed by atoms with van der Waals surface area (Å²) in [4.78, 5) is 11.1. The molecule has 20 heavy (non-hydrogen) atoms. The van der Waals surface area contributed by atoms with Crippen molar-refractivity contribution in [1.29, 1.82) is 0 Å². The van der Waals surface area contributed by atoms with Crippen LogP contribution in [0.15, 0.2) is 6.07 Å². The molecule has 0 amide bonds. The van der Waals surface area contributed by atoms with Crippen LogP contribution in [-0.4, -0.2) is 31.8 Å². The van der Waals surface area contributed by atoms with Crippen LogP contribution >= 0.6 is 0 Å². The molecule has 2 atom stereocenters. The van der Waals surface area contributed by atoms with Gasteiger partial charge in [-0.05, 0) is 31.4 Å².